The van der Waals surface area contributed by atoms with Crippen molar-refractivity contribution in [2.45, 2.75) is 26.1 Å². The number of hydrogen-bond acceptors (Lipinski definition) is 2. The van der Waals surface area contributed by atoms with Crippen LogP contribution in [-0.2, 0) is 12.7 Å². The van der Waals surface area contributed by atoms with Crippen LogP contribution in [0.3, 0.4) is 0 Å². The fraction of sp³-hybridized carbons (Fsp3) is 0.357. The van der Waals surface area contributed by atoms with Gasteiger partial charge in [0.05, 0.1) is 17.4 Å². The first kappa shape index (κ1) is 15.9. The molecular weight excluding hydrogens is 303 g/mol. The molecule has 0 radical (unpaired) electrons. The molecule has 114 valence electrons. The van der Waals surface area contributed by atoms with Gasteiger partial charge in [-0.05, 0) is 30.7 Å². The second kappa shape index (κ2) is 6.49. The van der Waals surface area contributed by atoms with E-state index in [-0.39, 0.29) is 0 Å². The van der Waals surface area contributed by atoms with Crippen LogP contribution >= 0.6 is 11.6 Å². The van der Waals surface area contributed by atoms with E-state index in [1.165, 1.54) is 0 Å². The maximum Gasteiger partial charge on any atom is 0.419 e. The Morgan fingerprint density at radius 1 is 1.33 bits per heavy atom. The lowest BCUT2D eigenvalue weighted by Gasteiger charge is -2.08. The fourth-order valence-corrected chi connectivity index (χ4v) is 2.07. The van der Waals surface area contributed by atoms with Gasteiger partial charge in [0.25, 0.3) is 0 Å². The molecule has 2 aromatic rings. The highest BCUT2D eigenvalue weighted by molar-refractivity contribution is 6.31. The van der Waals surface area contributed by atoms with Gasteiger partial charge in [0.2, 0.25) is 0 Å². The van der Waals surface area contributed by atoms with Crippen LogP contribution in [0.15, 0.2) is 30.6 Å². The minimum Gasteiger partial charge on any atom is -0.313 e. The van der Waals surface area contributed by atoms with Crippen LogP contribution in [0.4, 0.5) is 13.2 Å². The molecule has 0 aliphatic heterocycles. The summed E-state index contributed by atoms with van der Waals surface area (Å²) in [6.07, 6.45) is -1.64. The van der Waals surface area contributed by atoms with E-state index < -0.39 is 11.7 Å². The van der Waals surface area contributed by atoms with Crippen molar-refractivity contribution in [3.63, 3.8) is 0 Å². The zero-order chi connectivity index (χ0) is 15.5. The van der Waals surface area contributed by atoms with Crippen LogP contribution in [0, 0.1) is 0 Å². The highest BCUT2D eigenvalue weighted by Gasteiger charge is 2.32. The molecule has 0 amide bonds. The van der Waals surface area contributed by atoms with Gasteiger partial charge in [-0.25, -0.2) is 4.68 Å². The van der Waals surface area contributed by atoms with Gasteiger partial charge in [0.1, 0.15) is 0 Å². The topological polar surface area (TPSA) is 29.9 Å². The van der Waals surface area contributed by atoms with Crippen molar-refractivity contribution in [2.75, 3.05) is 6.54 Å². The molecule has 1 N–H and O–H groups in total. The molecule has 0 aliphatic rings. The zero-order valence-corrected chi connectivity index (χ0v) is 12.2. The third-order valence-electron chi connectivity index (χ3n) is 2.95. The van der Waals surface area contributed by atoms with Crippen LogP contribution in [0.2, 0.25) is 5.02 Å². The van der Waals surface area contributed by atoms with Gasteiger partial charge in [-0.2, -0.15) is 18.3 Å². The Morgan fingerprint density at radius 2 is 2.10 bits per heavy atom. The first-order valence-corrected chi connectivity index (χ1v) is 6.91. The number of nitrogens with zero attached hydrogens (tertiary/aromatic N) is 2. The van der Waals surface area contributed by atoms with E-state index in [4.69, 9.17) is 11.6 Å². The summed E-state index contributed by atoms with van der Waals surface area (Å²) in [7, 11) is 0. The Kier molecular flexibility index (Phi) is 4.90. The van der Waals surface area contributed by atoms with E-state index in [2.05, 4.69) is 17.3 Å². The molecule has 0 bridgehead atoms. The number of benzene rings is 1. The Hall–Kier alpha value is -1.53. The van der Waals surface area contributed by atoms with Crippen LogP contribution in [0.5, 0.6) is 0 Å². The molecule has 0 spiro atoms. The SMILES string of the molecule is CCCNCc1ccc(-n2cc(C(F)(F)F)cn2)cc1Cl. The van der Waals surface area contributed by atoms with Crippen molar-refractivity contribution in [1.29, 1.82) is 0 Å². The standard InChI is InChI=1S/C14H15ClF3N3/c1-2-5-19-7-10-3-4-12(6-13(10)15)21-9-11(8-20-21)14(16,17)18/h3-4,6,8-9,19H,2,5,7H2,1H3. The summed E-state index contributed by atoms with van der Waals surface area (Å²) < 4.78 is 38.8. The average Bonchev–Trinajstić information content (AvgIpc) is 2.90. The third kappa shape index (κ3) is 3.98. The van der Waals surface area contributed by atoms with E-state index in [0.717, 1.165) is 35.6 Å². The Balaban J connectivity index is 2.18. The maximum atomic E-state index is 12.5. The average molecular weight is 318 g/mol. The van der Waals surface area contributed by atoms with Crippen molar-refractivity contribution in [1.82, 2.24) is 15.1 Å². The lowest BCUT2D eigenvalue weighted by Crippen LogP contribution is -2.14. The van der Waals surface area contributed by atoms with E-state index in [9.17, 15) is 13.2 Å². The van der Waals surface area contributed by atoms with Gasteiger partial charge in [-0.1, -0.05) is 24.6 Å². The Morgan fingerprint density at radius 3 is 2.67 bits per heavy atom. The highest BCUT2D eigenvalue weighted by Crippen LogP contribution is 2.29. The zero-order valence-electron chi connectivity index (χ0n) is 11.4. The van der Waals surface area contributed by atoms with E-state index in [0.29, 0.717) is 17.3 Å². The highest BCUT2D eigenvalue weighted by atomic mass is 35.5. The van der Waals surface area contributed by atoms with Crippen LogP contribution in [-0.4, -0.2) is 16.3 Å². The summed E-state index contributed by atoms with van der Waals surface area (Å²) >= 11 is 6.15. The largest absolute Gasteiger partial charge is 0.419 e. The van der Waals surface area contributed by atoms with Gasteiger partial charge < -0.3 is 5.32 Å². The van der Waals surface area contributed by atoms with Crippen LogP contribution in [0.1, 0.15) is 24.5 Å². The monoisotopic (exact) mass is 317 g/mol. The number of rotatable bonds is 5. The molecule has 0 saturated heterocycles. The molecule has 0 saturated carbocycles. The smallest absolute Gasteiger partial charge is 0.313 e. The summed E-state index contributed by atoms with van der Waals surface area (Å²) in [4.78, 5) is 0. The quantitative estimate of drug-likeness (QED) is 0.843. The summed E-state index contributed by atoms with van der Waals surface area (Å²) in [5.74, 6) is 0. The first-order chi connectivity index (χ1) is 9.91. The van der Waals surface area contributed by atoms with Gasteiger partial charge >= 0.3 is 6.18 Å². The van der Waals surface area contributed by atoms with E-state index in [1.54, 1.807) is 18.2 Å². The van der Waals surface area contributed by atoms with Crippen molar-refractivity contribution >= 4 is 11.6 Å². The number of alkyl halides is 3. The summed E-state index contributed by atoms with van der Waals surface area (Å²) in [6.45, 7) is 3.57. The van der Waals surface area contributed by atoms with E-state index >= 15 is 0 Å². The molecule has 1 heterocycles. The molecule has 2 rings (SSSR count). The second-order valence-electron chi connectivity index (χ2n) is 4.62. The number of hydrogen-bond donors (Lipinski definition) is 1. The molecule has 0 atom stereocenters. The van der Waals surface area contributed by atoms with Crippen molar-refractivity contribution in [3.05, 3.63) is 46.7 Å². The van der Waals surface area contributed by atoms with Gasteiger partial charge in [-0.15, -0.1) is 0 Å². The van der Waals surface area contributed by atoms with Gasteiger partial charge in [-0.3, -0.25) is 0 Å². The molecule has 7 heteroatoms. The third-order valence-corrected chi connectivity index (χ3v) is 3.31. The number of nitrogens with one attached hydrogen (secondary N) is 1. The normalized spacial score (nSPS) is 11.9. The summed E-state index contributed by atoms with van der Waals surface area (Å²) in [5, 5.41) is 7.44. The fourth-order valence-electron chi connectivity index (χ4n) is 1.83. The molecule has 21 heavy (non-hydrogen) atoms. The molecule has 1 aromatic heterocycles. The molecule has 3 nitrogen and oxygen atoms in total. The molecule has 1 aromatic carbocycles. The Bertz CT molecular complexity index is 608. The van der Waals surface area contributed by atoms with Crippen molar-refractivity contribution in [2.24, 2.45) is 0 Å². The first-order valence-electron chi connectivity index (χ1n) is 6.53. The van der Waals surface area contributed by atoms with Gasteiger partial charge in [0.15, 0.2) is 0 Å². The lowest BCUT2D eigenvalue weighted by atomic mass is 10.2. The molecule has 0 unspecified atom stereocenters. The van der Waals surface area contributed by atoms with Crippen LogP contribution < -0.4 is 5.32 Å². The lowest BCUT2D eigenvalue weighted by molar-refractivity contribution is -0.137. The number of halogens is 4. The molecule has 0 fully saturated rings. The molecular formula is C14H15ClF3N3. The maximum absolute atomic E-state index is 12.5. The minimum atomic E-state index is -4.40. The van der Waals surface area contributed by atoms with Gasteiger partial charge in [0, 0.05) is 17.8 Å². The van der Waals surface area contributed by atoms with Crippen molar-refractivity contribution in [3.8, 4) is 5.69 Å². The van der Waals surface area contributed by atoms with Crippen LogP contribution in [0.25, 0.3) is 5.69 Å². The van der Waals surface area contributed by atoms with E-state index in [1.807, 2.05) is 0 Å². The summed E-state index contributed by atoms with van der Waals surface area (Å²) in [6, 6.07) is 5.09. The number of aromatic nitrogens is 2. The summed E-state index contributed by atoms with van der Waals surface area (Å²) in [5.41, 5.74) is 0.610. The minimum absolute atomic E-state index is 0.495. The Labute approximate surface area is 125 Å². The van der Waals surface area contributed by atoms with Crippen molar-refractivity contribution < 1.29 is 13.2 Å². The second-order valence-corrected chi connectivity index (χ2v) is 5.03. The predicted octanol–water partition coefficient (Wildman–Crippen LogP) is 4.04. The predicted molar refractivity (Wildman–Crippen MR) is 75.6 cm³/mol. The molecule has 0 aliphatic carbocycles.